The van der Waals surface area contributed by atoms with E-state index in [1.165, 1.54) is 0 Å². The van der Waals surface area contributed by atoms with Crippen molar-refractivity contribution in [2.75, 3.05) is 6.54 Å². The Morgan fingerprint density at radius 2 is 2.12 bits per heavy atom. The molecule has 5 heteroatoms. The first-order chi connectivity index (χ1) is 8.09. The number of fused-ring (bicyclic) bond motifs is 1. The van der Waals surface area contributed by atoms with E-state index < -0.39 is 9.84 Å². The fourth-order valence-electron chi connectivity index (χ4n) is 1.95. The van der Waals surface area contributed by atoms with E-state index in [1.54, 1.807) is 18.2 Å². The van der Waals surface area contributed by atoms with Crippen LogP contribution in [0.2, 0.25) is 0 Å². The van der Waals surface area contributed by atoms with E-state index in [0.29, 0.717) is 22.4 Å². The summed E-state index contributed by atoms with van der Waals surface area (Å²) < 4.78 is 25.3. The average Bonchev–Trinajstić information content (AvgIpc) is 3.05. The van der Waals surface area contributed by atoms with Gasteiger partial charge in [0.1, 0.15) is 0 Å². The topological polar surface area (TPSA) is 46.2 Å². The first-order valence-corrected chi connectivity index (χ1v) is 7.84. The van der Waals surface area contributed by atoms with Gasteiger partial charge in [-0.1, -0.05) is 22.0 Å². The Hall–Kier alpha value is -0.650. The molecule has 0 radical (unpaired) electrons. The van der Waals surface area contributed by atoms with Crippen molar-refractivity contribution < 1.29 is 8.42 Å². The van der Waals surface area contributed by atoms with E-state index in [1.807, 2.05) is 6.07 Å². The summed E-state index contributed by atoms with van der Waals surface area (Å²) in [4.78, 5) is 0.894. The maximum atomic E-state index is 12.2. The molecule has 90 valence electrons. The molecule has 1 aromatic rings. The summed E-state index contributed by atoms with van der Waals surface area (Å²) in [6.07, 6.45) is 4.08. The van der Waals surface area contributed by atoms with Crippen LogP contribution < -0.4 is 5.32 Å². The second kappa shape index (κ2) is 3.93. The number of benzene rings is 1. The minimum absolute atomic E-state index is 0.416. The van der Waals surface area contributed by atoms with Crippen LogP contribution in [0.3, 0.4) is 0 Å². The lowest BCUT2D eigenvalue weighted by molar-refractivity contribution is 0.600. The maximum absolute atomic E-state index is 12.2. The minimum Gasteiger partial charge on any atom is -0.309 e. The number of nitrogens with one attached hydrogen (secondary N) is 1. The van der Waals surface area contributed by atoms with E-state index in [9.17, 15) is 8.42 Å². The van der Waals surface area contributed by atoms with Crippen LogP contribution in [-0.2, 0) is 9.84 Å². The molecule has 0 aromatic heterocycles. The minimum atomic E-state index is -3.27. The van der Waals surface area contributed by atoms with Gasteiger partial charge in [-0.15, -0.1) is 0 Å². The Morgan fingerprint density at radius 1 is 1.35 bits per heavy atom. The summed E-state index contributed by atoms with van der Waals surface area (Å²) in [6.45, 7) is 0.439. The molecule has 0 saturated heterocycles. The van der Waals surface area contributed by atoms with Crippen molar-refractivity contribution in [2.24, 2.45) is 0 Å². The summed E-state index contributed by atoms with van der Waals surface area (Å²) in [7, 11) is -3.27. The lowest BCUT2D eigenvalue weighted by Crippen LogP contribution is -2.21. The van der Waals surface area contributed by atoms with Gasteiger partial charge >= 0.3 is 0 Å². The second-order valence-electron chi connectivity index (χ2n) is 4.42. The molecule has 3 rings (SSSR count). The first kappa shape index (κ1) is 11.4. The molecule has 0 spiro atoms. The van der Waals surface area contributed by atoms with Gasteiger partial charge in [0.05, 0.1) is 9.80 Å². The van der Waals surface area contributed by atoms with Crippen LogP contribution in [-0.4, -0.2) is 21.0 Å². The molecule has 1 aliphatic carbocycles. The molecule has 0 amide bonds. The predicted octanol–water partition coefficient (Wildman–Crippen LogP) is 2.33. The van der Waals surface area contributed by atoms with Crippen molar-refractivity contribution in [3.05, 3.63) is 33.1 Å². The highest BCUT2D eigenvalue weighted by Crippen LogP contribution is 2.36. The fraction of sp³-hybridized carbons (Fsp3) is 0.333. The lowest BCUT2D eigenvalue weighted by atomic mass is 10.2. The number of hydrogen-bond donors (Lipinski definition) is 1. The zero-order valence-corrected chi connectivity index (χ0v) is 11.5. The zero-order valence-electron chi connectivity index (χ0n) is 9.11. The van der Waals surface area contributed by atoms with Crippen LogP contribution in [0.15, 0.2) is 32.5 Å². The Labute approximate surface area is 109 Å². The molecule has 1 fully saturated rings. The zero-order chi connectivity index (χ0) is 12.0. The smallest absolute Gasteiger partial charge is 0.204 e. The van der Waals surface area contributed by atoms with E-state index >= 15 is 0 Å². The molecule has 1 saturated carbocycles. The average molecular weight is 314 g/mol. The fourth-order valence-corrected chi connectivity index (χ4v) is 4.11. The molecule has 17 heavy (non-hydrogen) atoms. The van der Waals surface area contributed by atoms with Gasteiger partial charge in [0.2, 0.25) is 9.84 Å². The Bertz CT molecular complexity index is 603. The summed E-state index contributed by atoms with van der Waals surface area (Å²) in [5.41, 5.74) is 0.778. The summed E-state index contributed by atoms with van der Waals surface area (Å²) in [6, 6.07) is 5.79. The van der Waals surface area contributed by atoms with Crippen LogP contribution in [0.25, 0.3) is 6.08 Å². The molecule has 0 atom stereocenters. The summed E-state index contributed by atoms with van der Waals surface area (Å²) >= 11 is 3.39. The van der Waals surface area contributed by atoms with E-state index in [2.05, 4.69) is 21.2 Å². The van der Waals surface area contributed by atoms with Gasteiger partial charge in [0.25, 0.3) is 0 Å². The maximum Gasteiger partial charge on any atom is 0.204 e. The SMILES string of the molecule is O=S1(=O)C(CNC2CC2)=Cc2c(Br)cccc21. The Morgan fingerprint density at radius 3 is 2.76 bits per heavy atom. The Balaban J connectivity index is 1.97. The molecule has 0 bridgehead atoms. The van der Waals surface area contributed by atoms with Gasteiger partial charge < -0.3 is 5.32 Å². The van der Waals surface area contributed by atoms with E-state index in [-0.39, 0.29) is 0 Å². The summed E-state index contributed by atoms with van der Waals surface area (Å²) in [5, 5.41) is 3.25. The van der Waals surface area contributed by atoms with E-state index in [4.69, 9.17) is 0 Å². The highest BCUT2D eigenvalue weighted by Gasteiger charge is 2.31. The first-order valence-electron chi connectivity index (χ1n) is 5.56. The quantitative estimate of drug-likeness (QED) is 0.931. The highest BCUT2D eigenvalue weighted by atomic mass is 79.9. The molecule has 2 aliphatic rings. The van der Waals surface area contributed by atoms with Crippen molar-refractivity contribution in [1.82, 2.24) is 5.32 Å². The van der Waals surface area contributed by atoms with Crippen LogP contribution in [0.4, 0.5) is 0 Å². The third-order valence-electron chi connectivity index (χ3n) is 3.10. The monoisotopic (exact) mass is 313 g/mol. The number of halogens is 1. The van der Waals surface area contributed by atoms with Gasteiger partial charge in [-0.05, 0) is 31.1 Å². The number of sulfone groups is 1. The molecular formula is C12H12BrNO2S. The standard InChI is InChI=1S/C12H12BrNO2S/c13-11-2-1-3-12-10(11)6-9(17(12,15)16)7-14-8-4-5-8/h1-3,6,8,14H,4-5,7H2. The van der Waals surface area contributed by atoms with Crippen molar-refractivity contribution in [3.63, 3.8) is 0 Å². The van der Waals surface area contributed by atoms with Gasteiger partial charge in [0.15, 0.2) is 0 Å². The molecule has 1 aliphatic heterocycles. The normalized spacial score (nSPS) is 21.1. The van der Waals surface area contributed by atoms with Crippen LogP contribution in [0.1, 0.15) is 18.4 Å². The molecule has 0 unspecified atom stereocenters. The van der Waals surface area contributed by atoms with Crippen molar-refractivity contribution in [2.45, 2.75) is 23.8 Å². The molecule has 1 aromatic carbocycles. The Kier molecular flexibility index (Phi) is 2.65. The van der Waals surface area contributed by atoms with Gasteiger partial charge in [-0.25, -0.2) is 8.42 Å². The largest absolute Gasteiger partial charge is 0.309 e. The van der Waals surface area contributed by atoms with Crippen molar-refractivity contribution >= 4 is 31.8 Å². The second-order valence-corrected chi connectivity index (χ2v) is 7.25. The van der Waals surface area contributed by atoms with Crippen molar-refractivity contribution in [3.8, 4) is 0 Å². The van der Waals surface area contributed by atoms with Crippen molar-refractivity contribution in [1.29, 1.82) is 0 Å². The van der Waals surface area contributed by atoms with E-state index in [0.717, 1.165) is 22.9 Å². The third kappa shape index (κ3) is 1.96. The molecule has 3 nitrogen and oxygen atoms in total. The molecular weight excluding hydrogens is 302 g/mol. The van der Waals surface area contributed by atoms with Gasteiger partial charge in [-0.3, -0.25) is 0 Å². The predicted molar refractivity (Wildman–Crippen MR) is 70.3 cm³/mol. The molecule has 1 heterocycles. The van der Waals surface area contributed by atoms with Crippen LogP contribution >= 0.6 is 15.9 Å². The summed E-state index contributed by atoms with van der Waals surface area (Å²) in [5.74, 6) is 0. The lowest BCUT2D eigenvalue weighted by Gasteiger charge is -2.04. The number of rotatable bonds is 3. The number of hydrogen-bond acceptors (Lipinski definition) is 3. The third-order valence-corrected chi connectivity index (χ3v) is 5.67. The highest BCUT2D eigenvalue weighted by molar-refractivity contribution is 9.10. The van der Waals surface area contributed by atoms with Crippen LogP contribution in [0, 0.1) is 0 Å². The van der Waals surface area contributed by atoms with Gasteiger partial charge in [0, 0.05) is 22.6 Å². The van der Waals surface area contributed by atoms with Gasteiger partial charge in [-0.2, -0.15) is 0 Å². The molecule has 1 N–H and O–H groups in total. The van der Waals surface area contributed by atoms with Crippen LogP contribution in [0.5, 0.6) is 0 Å².